The monoisotopic (exact) mass is 405 g/mol. The number of aryl methyl sites for hydroxylation is 1. The maximum absolute atomic E-state index is 9.38. The lowest BCUT2D eigenvalue weighted by Crippen LogP contribution is -2.26. The minimum absolute atomic E-state index is 0.102. The number of aromatic nitrogens is 2. The van der Waals surface area contributed by atoms with Crippen molar-refractivity contribution in [1.82, 2.24) is 14.9 Å². The smallest absolute Gasteiger partial charge is 0.290 e. The highest BCUT2D eigenvalue weighted by Gasteiger charge is 2.12. The topological polar surface area (TPSA) is 108 Å². The number of aliphatic hydroxyl groups excluding tert-OH is 1. The van der Waals surface area contributed by atoms with Gasteiger partial charge in [0, 0.05) is 31.5 Å². The molecular weight excluding hydrogens is 374 g/mol. The molecule has 0 aliphatic carbocycles. The van der Waals surface area contributed by atoms with E-state index in [1.165, 1.54) is 0 Å². The average Bonchev–Trinajstić information content (AvgIpc) is 3.07. The van der Waals surface area contributed by atoms with Crippen molar-refractivity contribution in [1.29, 1.82) is 0 Å². The summed E-state index contributed by atoms with van der Waals surface area (Å²) in [7, 11) is 0. The molecule has 0 radical (unpaired) electrons. The molecule has 3 N–H and O–H groups in total. The first-order chi connectivity index (χ1) is 13.9. The van der Waals surface area contributed by atoms with Crippen LogP contribution in [-0.4, -0.2) is 57.9 Å². The van der Waals surface area contributed by atoms with E-state index in [0.717, 1.165) is 34.2 Å². The van der Waals surface area contributed by atoms with Crippen LogP contribution in [0, 0.1) is 6.92 Å². The quantitative estimate of drug-likeness (QED) is 0.390. The van der Waals surface area contributed by atoms with E-state index in [9.17, 15) is 5.11 Å². The predicted octanol–water partition coefficient (Wildman–Crippen LogP) is 2.77. The van der Waals surface area contributed by atoms with Gasteiger partial charge in [0.15, 0.2) is 11.5 Å². The van der Waals surface area contributed by atoms with Gasteiger partial charge in [0.2, 0.25) is 0 Å². The Balaban J connectivity index is 0.00000132. The third-order valence-corrected chi connectivity index (χ3v) is 3.75. The van der Waals surface area contributed by atoms with Crippen molar-refractivity contribution in [3.05, 3.63) is 53.6 Å². The standard InChI is InChI=1S/C20H29N3O3.CH2O2/c1-5-25-20-10-17(6-7-19(20)26-14-15(2)3)12-23(8-9-24)13-18-11-21-16(4)22-18;2-1-3/h6-7,10-11,24H,2,5,8-9,12-14H2,1,3-4H3,(H,21,22);1H,(H,2,3). The zero-order valence-corrected chi connectivity index (χ0v) is 17.4. The Morgan fingerprint density at radius 1 is 1.31 bits per heavy atom. The van der Waals surface area contributed by atoms with Gasteiger partial charge in [-0.05, 0) is 44.0 Å². The fourth-order valence-electron chi connectivity index (χ4n) is 2.65. The molecule has 1 aromatic heterocycles. The number of rotatable bonds is 11. The number of benzene rings is 1. The predicted molar refractivity (Wildman–Crippen MR) is 111 cm³/mol. The van der Waals surface area contributed by atoms with E-state index in [2.05, 4.69) is 21.4 Å². The lowest BCUT2D eigenvalue weighted by Gasteiger charge is -2.21. The normalized spacial score (nSPS) is 10.2. The molecule has 0 saturated carbocycles. The highest BCUT2D eigenvalue weighted by molar-refractivity contribution is 5.43. The molecule has 0 spiro atoms. The first-order valence-corrected chi connectivity index (χ1v) is 9.37. The van der Waals surface area contributed by atoms with E-state index in [0.29, 0.717) is 32.8 Å². The van der Waals surface area contributed by atoms with Crippen LogP contribution in [-0.2, 0) is 17.9 Å². The summed E-state index contributed by atoms with van der Waals surface area (Å²) in [6.45, 7) is 12.5. The van der Waals surface area contributed by atoms with E-state index in [1.54, 1.807) is 0 Å². The van der Waals surface area contributed by atoms with Crippen LogP contribution in [0.4, 0.5) is 0 Å². The summed E-state index contributed by atoms with van der Waals surface area (Å²) in [4.78, 5) is 18.0. The third-order valence-electron chi connectivity index (χ3n) is 3.75. The summed E-state index contributed by atoms with van der Waals surface area (Å²) in [5.74, 6) is 2.34. The van der Waals surface area contributed by atoms with Gasteiger partial charge >= 0.3 is 0 Å². The summed E-state index contributed by atoms with van der Waals surface area (Å²) in [6.07, 6.45) is 1.83. The highest BCUT2D eigenvalue weighted by atomic mass is 16.5. The third kappa shape index (κ3) is 9.27. The molecule has 160 valence electrons. The van der Waals surface area contributed by atoms with Crippen molar-refractivity contribution < 1.29 is 24.5 Å². The molecule has 8 heteroatoms. The number of carbonyl (C=O) groups is 1. The Morgan fingerprint density at radius 3 is 2.59 bits per heavy atom. The van der Waals surface area contributed by atoms with E-state index in [-0.39, 0.29) is 13.1 Å². The fraction of sp³-hybridized carbons (Fsp3) is 0.429. The van der Waals surface area contributed by atoms with Gasteiger partial charge in [0.25, 0.3) is 6.47 Å². The summed E-state index contributed by atoms with van der Waals surface area (Å²) < 4.78 is 11.5. The molecule has 0 unspecified atom stereocenters. The van der Waals surface area contributed by atoms with Crippen molar-refractivity contribution in [3.8, 4) is 11.5 Å². The maximum Gasteiger partial charge on any atom is 0.290 e. The van der Waals surface area contributed by atoms with Gasteiger partial charge in [0.1, 0.15) is 12.4 Å². The maximum atomic E-state index is 9.38. The molecule has 0 atom stereocenters. The van der Waals surface area contributed by atoms with Crippen LogP contribution in [0.1, 0.15) is 30.9 Å². The Hall–Kier alpha value is -2.84. The van der Waals surface area contributed by atoms with Gasteiger partial charge in [-0.15, -0.1) is 0 Å². The van der Waals surface area contributed by atoms with Crippen LogP contribution in [0.15, 0.2) is 36.5 Å². The number of aliphatic hydroxyl groups is 1. The number of carboxylic acid groups (broad SMARTS) is 1. The molecule has 0 aliphatic heterocycles. The average molecular weight is 405 g/mol. The minimum Gasteiger partial charge on any atom is -0.490 e. The second-order valence-electron chi connectivity index (χ2n) is 6.49. The van der Waals surface area contributed by atoms with E-state index >= 15 is 0 Å². The first kappa shape index (κ1) is 24.2. The molecule has 8 nitrogen and oxygen atoms in total. The molecule has 0 amide bonds. The Kier molecular flexibility index (Phi) is 11.1. The van der Waals surface area contributed by atoms with Crippen LogP contribution in [0.25, 0.3) is 0 Å². The van der Waals surface area contributed by atoms with Gasteiger partial charge < -0.3 is 24.7 Å². The van der Waals surface area contributed by atoms with Crippen LogP contribution >= 0.6 is 0 Å². The van der Waals surface area contributed by atoms with Crippen LogP contribution in [0.5, 0.6) is 11.5 Å². The molecule has 2 rings (SSSR count). The van der Waals surface area contributed by atoms with E-state index in [1.807, 2.05) is 45.2 Å². The van der Waals surface area contributed by atoms with Crippen molar-refractivity contribution in [2.75, 3.05) is 26.4 Å². The number of ether oxygens (including phenoxy) is 2. The highest BCUT2D eigenvalue weighted by Crippen LogP contribution is 2.29. The van der Waals surface area contributed by atoms with Crippen molar-refractivity contribution in [3.63, 3.8) is 0 Å². The van der Waals surface area contributed by atoms with Gasteiger partial charge in [0.05, 0.1) is 13.2 Å². The molecule has 0 aliphatic rings. The van der Waals surface area contributed by atoms with E-state index < -0.39 is 0 Å². The number of hydrogen-bond acceptors (Lipinski definition) is 6. The number of imidazole rings is 1. The second-order valence-corrected chi connectivity index (χ2v) is 6.49. The number of aromatic amines is 1. The number of H-pyrrole nitrogens is 1. The number of hydrogen-bond donors (Lipinski definition) is 3. The van der Waals surface area contributed by atoms with Gasteiger partial charge in [-0.1, -0.05) is 12.6 Å². The zero-order chi connectivity index (χ0) is 21.6. The lowest BCUT2D eigenvalue weighted by molar-refractivity contribution is -0.122. The Bertz CT molecular complexity index is 761. The summed E-state index contributed by atoms with van der Waals surface area (Å²) in [6, 6.07) is 5.96. The molecule has 0 bridgehead atoms. The lowest BCUT2D eigenvalue weighted by atomic mass is 10.1. The van der Waals surface area contributed by atoms with Crippen molar-refractivity contribution >= 4 is 6.47 Å². The fourth-order valence-corrected chi connectivity index (χ4v) is 2.65. The minimum atomic E-state index is -0.250. The summed E-state index contributed by atoms with van der Waals surface area (Å²) in [5.41, 5.74) is 3.09. The zero-order valence-electron chi connectivity index (χ0n) is 17.4. The van der Waals surface area contributed by atoms with Gasteiger partial charge in [-0.25, -0.2) is 4.98 Å². The Morgan fingerprint density at radius 2 is 2.03 bits per heavy atom. The molecular formula is C21H31N3O5. The van der Waals surface area contributed by atoms with Crippen LogP contribution in [0.3, 0.4) is 0 Å². The first-order valence-electron chi connectivity index (χ1n) is 9.37. The molecule has 1 aromatic carbocycles. The number of nitrogens with zero attached hydrogens (tertiary/aromatic N) is 2. The van der Waals surface area contributed by atoms with Crippen molar-refractivity contribution in [2.45, 2.75) is 33.9 Å². The molecule has 0 saturated heterocycles. The largest absolute Gasteiger partial charge is 0.490 e. The number of nitrogens with one attached hydrogen (secondary N) is 1. The van der Waals surface area contributed by atoms with Gasteiger partial charge in [-0.3, -0.25) is 9.69 Å². The van der Waals surface area contributed by atoms with Crippen LogP contribution < -0.4 is 9.47 Å². The summed E-state index contributed by atoms with van der Waals surface area (Å²) >= 11 is 0. The van der Waals surface area contributed by atoms with E-state index in [4.69, 9.17) is 19.4 Å². The Labute approximate surface area is 171 Å². The molecule has 29 heavy (non-hydrogen) atoms. The molecule has 2 aromatic rings. The second kappa shape index (κ2) is 13.4. The van der Waals surface area contributed by atoms with Crippen molar-refractivity contribution in [2.24, 2.45) is 0 Å². The molecule has 0 fully saturated rings. The SMILES string of the molecule is C=C(C)COc1ccc(CN(CCO)Cc2cnc(C)[nH]2)cc1OCC.O=CO. The molecule has 1 heterocycles. The van der Waals surface area contributed by atoms with Gasteiger partial charge in [-0.2, -0.15) is 0 Å². The summed E-state index contributed by atoms with van der Waals surface area (Å²) in [5, 5.41) is 16.3. The van der Waals surface area contributed by atoms with Crippen LogP contribution in [0.2, 0.25) is 0 Å².